The number of nitrogens with zero attached hydrogens (tertiary/aromatic N) is 3. The lowest BCUT2D eigenvalue weighted by Crippen LogP contribution is -2.33. The van der Waals surface area contributed by atoms with E-state index in [9.17, 15) is 14.3 Å². The van der Waals surface area contributed by atoms with Crippen molar-refractivity contribution in [3.8, 4) is 0 Å². The molecule has 0 aliphatic carbocycles. The number of amides is 1. The van der Waals surface area contributed by atoms with Crippen LogP contribution < -0.4 is 5.43 Å². The van der Waals surface area contributed by atoms with Gasteiger partial charge in [0.05, 0.1) is 23.1 Å². The molecule has 0 radical (unpaired) electrons. The van der Waals surface area contributed by atoms with Gasteiger partial charge in [-0.05, 0) is 45.0 Å². The molecule has 1 aromatic heterocycles. The van der Waals surface area contributed by atoms with Crippen LogP contribution in [0.4, 0.5) is 10.1 Å². The van der Waals surface area contributed by atoms with E-state index in [1.54, 1.807) is 24.9 Å². The summed E-state index contributed by atoms with van der Waals surface area (Å²) in [6.45, 7) is 6.17. The first-order valence-electron chi connectivity index (χ1n) is 9.31. The van der Waals surface area contributed by atoms with Gasteiger partial charge in [0.2, 0.25) is 0 Å². The molecular formula is C21H26FN5O2. The first-order valence-corrected chi connectivity index (χ1v) is 9.31. The highest BCUT2D eigenvalue weighted by molar-refractivity contribution is 6.14. The molecule has 8 heteroatoms. The maximum absolute atomic E-state index is 13.6. The number of likely N-dealkylation sites (N-methyl/N-ethyl adjacent to an activating group) is 1. The zero-order valence-electron chi connectivity index (χ0n) is 16.8. The number of aromatic nitrogens is 1. The number of benzene rings is 1. The highest BCUT2D eigenvalue weighted by atomic mass is 19.1. The van der Waals surface area contributed by atoms with Gasteiger partial charge in [-0.15, -0.1) is 0 Å². The SMILES string of the molecule is CCN(CCc1ccc(C(C)(C)O)cn1)C(=O)c1ccc(F)cc1N/N=C\C=N. The number of nitrogens with one attached hydrogen (secondary N) is 2. The zero-order chi connectivity index (χ0) is 21.4. The summed E-state index contributed by atoms with van der Waals surface area (Å²) >= 11 is 0. The fraction of sp³-hybridized carbons (Fsp3) is 0.333. The maximum atomic E-state index is 13.6. The van der Waals surface area contributed by atoms with Crippen LogP contribution in [0.1, 0.15) is 42.4 Å². The first-order chi connectivity index (χ1) is 13.8. The molecule has 0 aliphatic rings. The molecular weight excluding hydrogens is 373 g/mol. The fourth-order valence-electron chi connectivity index (χ4n) is 2.70. The van der Waals surface area contributed by atoms with Gasteiger partial charge in [0, 0.05) is 43.2 Å². The number of aliphatic hydroxyl groups is 1. The van der Waals surface area contributed by atoms with Crippen molar-refractivity contribution < 1.29 is 14.3 Å². The molecule has 2 rings (SSSR count). The minimum Gasteiger partial charge on any atom is -0.386 e. The Morgan fingerprint density at radius 1 is 1.38 bits per heavy atom. The Labute approximate surface area is 169 Å². The Kier molecular flexibility index (Phi) is 7.55. The van der Waals surface area contributed by atoms with Gasteiger partial charge >= 0.3 is 0 Å². The fourth-order valence-corrected chi connectivity index (χ4v) is 2.70. The zero-order valence-corrected chi connectivity index (χ0v) is 16.8. The lowest BCUT2D eigenvalue weighted by atomic mass is 10.0. The van der Waals surface area contributed by atoms with Crippen molar-refractivity contribution >= 4 is 24.0 Å². The van der Waals surface area contributed by atoms with Gasteiger partial charge < -0.3 is 15.4 Å². The molecule has 0 saturated heterocycles. The van der Waals surface area contributed by atoms with Gasteiger partial charge in [0.25, 0.3) is 5.91 Å². The summed E-state index contributed by atoms with van der Waals surface area (Å²) in [6.07, 6.45) is 4.35. The maximum Gasteiger partial charge on any atom is 0.256 e. The molecule has 0 spiro atoms. The summed E-state index contributed by atoms with van der Waals surface area (Å²) in [7, 11) is 0. The Balaban J connectivity index is 2.12. The Morgan fingerprint density at radius 2 is 2.14 bits per heavy atom. The second-order valence-corrected chi connectivity index (χ2v) is 6.98. The number of anilines is 1. The minimum atomic E-state index is -0.955. The number of hydrogen-bond acceptors (Lipinski definition) is 6. The minimum absolute atomic E-state index is 0.235. The smallest absolute Gasteiger partial charge is 0.256 e. The molecule has 1 amide bonds. The van der Waals surface area contributed by atoms with Crippen molar-refractivity contribution in [1.29, 1.82) is 5.41 Å². The number of rotatable bonds is 9. The molecule has 3 N–H and O–H groups in total. The predicted molar refractivity (Wildman–Crippen MR) is 112 cm³/mol. The molecule has 0 fully saturated rings. The average molecular weight is 399 g/mol. The summed E-state index contributed by atoms with van der Waals surface area (Å²) in [4.78, 5) is 19.0. The van der Waals surface area contributed by atoms with Crippen molar-refractivity contribution in [1.82, 2.24) is 9.88 Å². The quantitative estimate of drug-likeness (QED) is 0.445. The van der Waals surface area contributed by atoms with Crippen molar-refractivity contribution in [2.24, 2.45) is 5.10 Å². The summed E-state index contributed by atoms with van der Waals surface area (Å²) < 4.78 is 13.6. The number of pyridine rings is 1. The number of carbonyl (C=O) groups excluding carboxylic acids is 1. The lowest BCUT2D eigenvalue weighted by Gasteiger charge is -2.22. The van der Waals surface area contributed by atoms with Gasteiger partial charge in [-0.1, -0.05) is 6.07 Å². The summed E-state index contributed by atoms with van der Waals surface area (Å²) in [5.74, 6) is -0.749. The van der Waals surface area contributed by atoms with Crippen LogP contribution in [0.15, 0.2) is 41.6 Å². The third-order valence-electron chi connectivity index (χ3n) is 4.38. The highest BCUT2D eigenvalue weighted by Gasteiger charge is 2.19. The van der Waals surface area contributed by atoms with Crippen molar-refractivity contribution in [3.63, 3.8) is 0 Å². The van der Waals surface area contributed by atoms with Crippen molar-refractivity contribution in [3.05, 3.63) is 59.2 Å². The van der Waals surface area contributed by atoms with Crippen LogP contribution in [0.3, 0.4) is 0 Å². The lowest BCUT2D eigenvalue weighted by molar-refractivity contribution is 0.0766. The van der Waals surface area contributed by atoms with Gasteiger partial charge in [-0.25, -0.2) is 4.39 Å². The van der Waals surface area contributed by atoms with Crippen LogP contribution in [0, 0.1) is 11.2 Å². The van der Waals surface area contributed by atoms with Crippen molar-refractivity contribution in [2.75, 3.05) is 18.5 Å². The van der Waals surface area contributed by atoms with E-state index in [-0.39, 0.29) is 11.6 Å². The third kappa shape index (κ3) is 6.18. The number of hydrazone groups is 1. The van der Waals surface area contributed by atoms with Gasteiger partial charge in [0.1, 0.15) is 5.82 Å². The molecule has 7 nitrogen and oxygen atoms in total. The van der Waals surface area contributed by atoms with Crippen LogP contribution >= 0.6 is 0 Å². The molecule has 154 valence electrons. The largest absolute Gasteiger partial charge is 0.386 e. The summed E-state index contributed by atoms with van der Waals surface area (Å²) in [5, 5.41) is 20.7. The average Bonchev–Trinajstić information content (AvgIpc) is 2.68. The second-order valence-electron chi connectivity index (χ2n) is 6.98. The van der Waals surface area contributed by atoms with Crippen LogP contribution in [0.25, 0.3) is 0 Å². The number of halogens is 1. The standard InChI is InChI=1S/C21H26FN5O2/c1-4-27(12-9-17-7-5-15(14-24-17)21(2,3)29)20(28)18-8-6-16(22)13-19(18)26-25-11-10-23/h5-8,10-11,13-14,23,26,29H,4,9,12H2,1-3H3/b23-10?,25-11-. The van der Waals surface area contributed by atoms with Crippen LogP contribution in [0.5, 0.6) is 0 Å². The Morgan fingerprint density at radius 3 is 2.72 bits per heavy atom. The molecule has 29 heavy (non-hydrogen) atoms. The van der Waals surface area contributed by atoms with E-state index in [0.717, 1.165) is 17.5 Å². The van der Waals surface area contributed by atoms with E-state index < -0.39 is 11.4 Å². The topological polar surface area (TPSA) is 102 Å². The predicted octanol–water partition coefficient (Wildman–Crippen LogP) is 3.20. The molecule has 1 heterocycles. The molecule has 0 atom stereocenters. The Hall–Kier alpha value is -3.13. The van der Waals surface area contributed by atoms with Gasteiger partial charge in [-0.2, -0.15) is 5.10 Å². The van der Waals surface area contributed by atoms with Crippen molar-refractivity contribution in [2.45, 2.75) is 32.8 Å². The second kappa shape index (κ2) is 9.88. The number of hydrogen-bond donors (Lipinski definition) is 3. The van der Waals surface area contributed by atoms with Crippen LogP contribution in [0.2, 0.25) is 0 Å². The van der Waals surface area contributed by atoms with E-state index in [4.69, 9.17) is 5.41 Å². The third-order valence-corrected chi connectivity index (χ3v) is 4.38. The van der Waals surface area contributed by atoms with Gasteiger partial charge in [-0.3, -0.25) is 15.2 Å². The molecule has 0 aliphatic heterocycles. The molecule has 0 bridgehead atoms. The molecule has 0 saturated carbocycles. The van der Waals surface area contributed by atoms with E-state index in [0.29, 0.717) is 25.1 Å². The normalized spacial score (nSPS) is 11.5. The van der Waals surface area contributed by atoms with E-state index in [1.807, 2.05) is 19.1 Å². The molecule has 0 unspecified atom stereocenters. The molecule has 2 aromatic rings. The van der Waals surface area contributed by atoms with Crippen LogP contribution in [-0.4, -0.2) is 46.4 Å². The highest BCUT2D eigenvalue weighted by Crippen LogP contribution is 2.21. The Bertz CT molecular complexity index is 876. The summed E-state index contributed by atoms with van der Waals surface area (Å²) in [6, 6.07) is 7.49. The van der Waals surface area contributed by atoms with E-state index in [2.05, 4.69) is 15.5 Å². The van der Waals surface area contributed by atoms with E-state index >= 15 is 0 Å². The summed E-state index contributed by atoms with van der Waals surface area (Å²) in [5.41, 5.74) is 3.70. The van der Waals surface area contributed by atoms with E-state index in [1.165, 1.54) is 24.4 Å². The molecule has 1 aromatic carbocycles. The van der Waals surface area contributed by atoms with Crippen LogP contribution in [-0.2, 0) is 12.0 Å². The monoisotopic (exact) mass is 399 g/mol. The van der Waals surface area contributed by atoms with Gasteiger partial charge in [0.15, 0.2) is 0 Å². The first kappa shape index (κ1) is 22.2. The number of carbonyl (C=O) groups is 1.